The maximum Gasteiger partial charge on any atom is 0.308 e. The van der Waals surface area contributed by atoms with Gasteiger partial charge in [0, 0.05) is 36.9 Å². The van der Waals surface area contributed by atoms with Gasteiger partial charge in [0.15, 0.2) is 0 Å². The number of carbonyl (C=O) groups excluding carboxylic acids is 1. The number of rotatable bonds is 5. The van der Waals surface area contributed by atoms with E-state index in [1.807, 2.05) is 56.3 Å². The number of morpholine rings is 1. The van der Waals surface area contributed by atoms with Gasteiger partial charge in [0.05, 0.1) is 23.4 Å². The Morgan fingerprint density at radius 1 is 1.14 bits per heavy atom. The van der Waals surface area contributed by atoms with Gasteiger partial charge in [-0.3, -0.25) is 19.1 Å². The van der Waals surface area contributed by atoms with Crippen LogP contribution in [-0.2, 0) is 11.3 Å². The number of anilines is 1. The number of ether oxygens (including phenoxy) is 1. The number of hydrogen-bond donors (Lipinski definition) is 1. The molecule has 29 heavy (non-hydrogen) atoms. The predicted octanol–water partition coefficient (Wildman–Crippen LogP) is 3.73. The number of fused-ring (bicyclic) bond motifs is 1. The highest BCUT2D eigenvalue weighted by molar-refractivity contribution is 7.16. The summed E-state index contributed by atoms with van der Waals surface area (Å²) in [7, 11) is 0. The minimum absolute atomic E-state index is 0.0225. The lowest BCUT2D eigenvalue weighted by Crippen LogP contribution is -2.35. The molecule has 0 saturated carbocycles. The van der Waals surface area contributed by atoms with E-state index in [1.54, 1.807) is 4.57 Å². The second kappa shape index (κ2) is 8.49. The van der Waals surface area contributed by atoms with Crippen molar-refractivity contribution in [1.82, 2.24) is 9.47 Å². The number of hydrogen-bond acceptors (Lipinski definition) is 5. The van der Waals surface area contributed by atoms with Gasteiger partial charge in [-0.25, -0.2) is 0 Å². The van der Waals surface area contributed by atoms with Gasteiger partial charge in [-0.05, 0) is 49.7 Å². The Morgan fingerprint density at radius 3 is 2.55 bits per heavy atom. The number of carbonyl (C=O) groups is 1. The molecule has 1 N–H and O–H groups in total. The molecule has 7 heteroatoms. The molecule has 1 aromatic heterocycles. The van der Waals surface area contributed by atoms with E-state index < -0.39 is 0 Å². The Hall–Kier alpha value is -2.48. The third-order valence-corrected chi connectivity index (χ3v) is 6.03. The first kappa shape index (κ1) is 19.8. The molecule has 1 amide bonds. The zero-order valence-electron chi connectivity index (χ0n) is 16.7. The molecule has 3 aromatic rings. The van der Waals surface area contributed by atoms with Gasteiger partial charge in [-0.15, -0.1) is 0 Å². The van der Waals surface area contributed by atoms with E-state index in [-0.39, 0.29) is 16.8 Å². The molecule has 0 spiro atoms. The highest BCUT2D eigenvalue weighted by Gasteiger charge is 2.13. The Labute approximate surface area is 173 Å². The van der Waals surface area contributed by atoms with Crippen LogP contribution >= 0.6 is 11.3 Å². The fourth-order valence-electron chi connectivity index (χ4n) is 3.59. The summed E-state index contributed by atoms with van der Waals surface area (Å²) in [6.45, 7) is 8.29. The van der Waals surface area contributed by atoms with Gasteiger partial charge in [0.25, 0.3) is 5.91 Å². The van der Waals surface area contributed by atoms with Crippen LogP contribution in [0.25, 0.3) is 10.2 Å². The molecular weight excluding hydrogens is 386 g/mol. The van der Waals surface area contributed by atoms with Crippen molar-refractivity contribution in [3.63, 3.8) is 0 Å². The van der Waals surface area contributed by atoms with Crippen LogP contribution in [-0.4, -0.2) is 41.7 Å². The van der Waals surface area contributed by atoms with E-state index in [1.165, 1.54) is 16.9 Å². The zero-order valence-corrected chi connectivity index (χ0v) is 17.5. The third kappa shape index (κ3) is 4.42. The highest BCUT2D eigenvalue weighted by atomic mass is 32.1. The zero-order chi connectivity index (χ0) is 20.4. The molecule has 1 aliphatic rings. The van der Waals surface area contributed by atoms with E-state index in [4.69, 9.17) is 4.74 Å². The number of aromatic nitrogens is 1. The van der Waals surface area contributed by atoms with Crippen molar-refractivity contribution in [1.29, 1.82) is 0 Å². The topological polar surface area (TPSA) is 63.6 Å². The number of nitrogens with zero attached hydrogens (tertiary/aromatic N) is 2. The van der Waals surface area contributed by atoms with Gasteiger partial charge < -0.3 is 10.1 Å². The fraction of sp³-hybridized carbons (Fsp3) is 0.364. The molecular formula is C22H25N3O3S. The summed E-state index contributed by atoms with van der Waals surface area (Å²) < 4.78 is 8.03. The van der Waals surface area contributed by atoms with Crippen molar-refractivity contribution in [2.24, 2.45) is 0 Å². The predicted molar refractivity (Wildman–Crippen MR) is 117 cm³/mol. The molecule has 6 nitrogen and oxygen atoms in total. The molecule has 2 aromatic carbocycles. The Balaban J connectivity index is 1.45. The average molecular weight is 412 g/mol. The molecule has 4 rings (SSSR count). The van der Waals surface area contributed by atoms with Crippen LogP contribution in [0.3, 0.4) is 0 Å². The standard InChI is InChI=1S/C22H25N3O3S/c1-15(2)25-19-8-7-18(13-20(19)29-22(25)27)23-21(26)17-5-3-16(4-6-17)14-24-9-11-28-12-10-24/h3-8,13,15H,9-12,14H2,1-2H3,(H,23,26). The summed E-state index contributed by atoms with van der Waals surface area (Å²) in [6.07, 6.45) is 0. The second-order valence-corrected chi connectivity index (χ2v) is 8.55. The molecule has 0 radical (unpaired) electrons. The fourth-order valence-corrected chi connectivity index (χ4v) is 4.64. The summed E-state index contributed by atoms with van der Waals surface area (Å²) in [4.78, 5) is 27.2. The molecule has 2 heterocycles. The molecule has 152 valence electrons. The molecule has 0 bridgehead atoms. The normalized spacial score (nSPS) is 15.1. The Bertz CT molecular complexity index is 1060. The van der Waals surface area contributed by atoms with E-state index in [2.05, 4.69) is 10.2 Å². The van der Waals surface area contributed by atoms with E-state index in [0.717, 1.165) is 43.1 Å². The van der Waals surface area contributed by atoms with Gasteiger partial charge in [0.1, 0.15) is 0 Å². The van der Waals surface area contributed by atoms with Gasteiger partial charge in [-0.1, -0.05) is 23.5 Å². The van der Waals surface area contributed by atoms with Crippen molar-refractivity contribution in [3.05, 3.63) is 63.3 Å². The smallest absolute Gasteiger partial charge is 0.308 e. The lowest BCUT2D eigenvalue weighted by Gasteiger charge is -2.26. The van der Waals surface area contributed by atoms with Crippen molar-refractivity contribution >= 4 is 33.1 Å². The first-order valence-electron chi connectivity index (χ1n) is 9.87. The molecule has 1 aliphatic heterocycles. The summed E-state index contributed by atoms with van der Waals surface area (Å²) in [5.41, 5.74) is 3.39. The lowest BCUT2D eigenvalue weighted by atomic mass is 10.1. The number of benzene rings is 2. The van der Waals surface area contributed by atoms with Gasteiger partial charge in [-0.2, -0.15) is 0 Å². The van der Waals surface area contributed by atoms with Gasteiger partial charge in [0.2, 0.25) is 0 Å². The largest absolute Gasteiger partial charge is 0.379 e. The Kier molecular flexibility index (Phi) is 5.80. The molecule has 1 fully saturated rings. The summed E-state index contributed by atoms with van der Waals surface area (Å²) in [6, 6.07) is 13.4. The lowest BCUT2D eigenvalue weighted by molar-refractivity contribution is 0.0342. The number of nitrogens with one attached hydrogen (secondary N) is 1. The van der Waals surface area contributed by atoms with Crippen LogP contribution in [0.1, 0.15) is 35.8 Å². The maximum absolute atomic E-state index is 12.6. The molecule has 0 atom stereocenters. The minimum atomic E-state index is -0.155. The van der Waals surface area contributed by atoms with Crippen LogP contribution in [0.2, 0.25) is 0 Å². The van der Waals surface area contributed by atoms with Crippen molar-refractivity contribution in [3.8, 4) is 0 Å². The van der Waals surface area contributed by atoms with Crippen LogP contribution in [0.15, 0.2) is 47.3 Å². The first-order valence-corrected chi connectivity index (χ1v) is 10.7. The summed E-state index contributed by atoms with van der Waals surface area (Å²) >= 11 is 1.21. The molecule has 0 aliphatic carbocycles. The van der Waals surface area contributed by atoms with E-state index >= 15 is 0 Å². The van der Waals surface area contributed by atoms with Crippen molar-refractivity contribution in [2.45, 2.75) is 26.4 Å². The Morgan fingerprint density at radius 2 is 1.86 bits per heavy atom. The van der Waals surface area contributed by atoms with Gasteiger partial charge >= 0.3 is 4.87 Å². The van der Waals surface area contributed by atoms with Crippen molar-refractivity contribution < 1.29 is 9.53 Å². The first-order chi connectivity index (χ1) is 14.0. The number of amides is 1. The molecule has 0 unspecified atom stereocenters. The maximum atomic E-state index is 12.6. The minimum Gasteiger partial charge on any atom is -0.379 e. The van der Waals surface area contributed by atoms with Crippen LogP contribution in [0, 0.1) is 0 Å². The quantitative estimate of drug-likeness (QED) is 0.695. The summed E-state index contributed by atoms with van der Waals surface area (Å²) in [5.74, 6) is -0.155. The third-order valence-electron chi connectivity index (χ3n) is 5.11. The van der Waals surface area contributed by atoms with Crippen LogP contribution in [0.4, 0.5) is 5.69 Å². The SMILES string of the molecule is CC(C)n1c(=O)sc2cc(NC(=O)c3ccc(CN4CCOCC4)cc3)ccc21. The van der Waals surface area contributed by atoms with E-state index in [9.17, 15) is 9.59 Å². The highest BCUT2D eigenvalue weighted by Crippen LogP contribution is 2.24. The van der Waals surface area contributed by atoms with E-state index in [0.29, 0.717) is 11.3 Å². The number of thiazole rings is 1. The second-order valence-electron chi connectivity index (χ2n) is 7.55. The molecule has 1 saturated heterocycles. The summed E-state index contributed by atoms with van der Waals surface area (Å²) in [5, 5.41) is 2.94. The average Bonchev–Trinajstić information content (AvgIpc) is 3.04. The van der Waals surface area contributed by atoms with Crippen LogP contribution < -0.4 is 10.2 Å². The van der Waals surface area contributed by atoms with Crippen molar-refractivity contribution in [2.75, 3.05) is 31.6 Å². The monoisotopic (exact) mass is 411 g/mol. The van der Waals surface area contributed by atoms with Crippen LogP contribution in [0.5, 0.6) is 0 Å².